The molecule has 2 heteroatoms. The Bertz CT molecular complexity index is 782. The number of para-hydroxylation sites is 1. The minimum absolute atomic E-state index is 0.861. The zero-order valence-corrected chi connectivity index (χ0v) is 14.5. The lowest BCUT2D eigenvalue weighted by molar-refractivity contribution is 1.06. The fourth-order valence-corrected chi connectivity index (χ4v) is 2.60. The minimum Gasteiger partial charge on any atom is -0.264 e. The molecule has 0 unspecified atom stereocenters. The zero-order chi connectivity index (χ0) is 17.4. The molecule has 24 heavy (non-hydrogen) atoms. The molecule has 0 saturated carbocycles. The molecule has 0 aliphatic carbocycles. The summed E-state index contributed by atoms with van der Waals surface area (Å²) in [6, 6.07) is 10.1. The largest absolute Gasteiger partial charge is 0.264 e. The van der Waals surface area contributed by atoms with E-state index < -0.39 is 0 Å². The van der Waals surface area contributed by atoms with Crippen LogP contribution in [0.15, 0.2) is 79.1 Å². The number of allylic oxidation sites excluding steroid dienone is 4. The van der Waals surface area contributed by atoms with Crippen molar-refractivity contribution in [1.29, 1.82) is 0 Å². The third-order valence-electron chi connectivity index (χ3n) is 3.96. The molecule has 122 valence electrons. The zero-order valence-electron chi connectivity index (χ0n) is 14.5. The predicted molar refractivity (Wildman–Crippen MR) is 105 cm³/mol. The Morgan fingerprint density at radius 3 is 2.62 bits per heavy atom. The molecule has 0 aliphatic rings. The highest BCUT2D eigenvalue weighted by Gasteiger charge is 2.11. The first kappa shape index (κ1) is 17.6. The van der Waals surface area contributed by atoms with Crippen molar-refractivity contribution in [3.05, 3.63) is 90.8 Å². The van der Waals surface area contributed by atoms with Crippen molar-refractivity contribution in [3.8, 4) is 0 Å². The molecule has 0 saturated heterocycles. The van der Waals surface area contributed by atoms with Crippen LogP contribution in [0.4, 0.5) is 5.69 Å². The highest BCUT2D eigenvalue weighted by molar-refractivity contribution is 6.12. The maximum atomic E-state index is 4.83. The van der Waals surface area contributed by atoms with Crippen molar-refractivity contribution in [2.45, 2.75) is 26.7 Å². The van der Waals surface area contributed by atoms with Gasteiger partial charge in [0.2, 0.25) is 0 Å². The summed E-state index contributed by atoms with van der Waals surface area (Å²) in [7, 11) is 0. The van der Waals surface area contributed by atoms with Crippen LogP contribution in [0.25, 0.3) is 5.57 Å². The van der Waals surface area contributed by atoms with E-state index in [-0.39, 0.29) is 0 Å². The lowest BCUT2D eigenvalue weighted by Crippen LogP contribution is -2.03. The number of aromatic nitrogens is 1. The van der Waals surface area contributed by atoms with Crippen LogP contribution in [0, 0.1) is 6.92 Å². The van der Waals surface area contributed by atoms with E-state index >= 15 is 0 Å². The van der Waals surface area contributed by atoms with Crippen molar-refractivity contribution < 1.29 is 0 Å². The van der Waals surface area contributed by atoms with E-state index in [0.717, 1.165) is 40.9 Å². The van der Waals surface area contributed by atoms with E-state index in [2.05, 4.69) is 44.1 Å². The average molecular weight is 316 g/mol. The molecular weight excluding hydrogens is 292 g/mol. The Kier molecular flexibility index (Phi) is 6.44. The number of nitrogens with zero attached hydrogens (tertiary/aromatic N) is 2. The van der Waals surface area contributed by atoms with Gasteiger partial charge in [-0.15, -0.1) is 6.58 Å². The molecule has 0 radical (unpaired) electrons. The molecule has 1 heterocycles. The van der Waals surface area contributed by atoms with Gasteiger partial charge in [0.25, 0.3) is 0 Å². The molecule has 2 rings (SSSR count). The molecule has 0 fully saturated rings. The van der Waals surface area contributed by atoms with E-state index in [1.807, 2.05) is 42.6 Å². The second-order valence-electron chi connectivity index (χ2n) is 5.55. The maximum absolute atomic E-state index is 4.83. The van der Waals surface area contributed by atoms with Crippen LogP contribution >= 0.6 is 0 Å². The molecule has 1 aromatic carbocycles. The Labute approximate surface area is 145 Å². The first-order valence-electron chi connectivity index (χ1n) is 8.18. The number of rotatable bonds is 7. The lowest BCUT2D eigenvalue weighted by Gasteiger charge is -2.12. The molecule has 0 N–H and O–H groups in total. The van der Waals surface area contributed by atoms with Crippen LogP contribution in [0.3, 0.4) is 0 Å². The average Bonchev–Trinajstić information content (AvgIpc) is 2.62. The summed E-state index contributed by atoms with van der Waals surface area (Å²) in [5, 5.41) is 0. The highest BCUT2D eigenvalue weighted by Crippen LogP contribution is 2.26. The second-order valence-corrected chi connectivity index (χ2v) is 5.55. The summed E-state index contributed by atoms with van der Waals surface area (Å²) < 4.78 is 0. The second kappa shape index (κ2) is 8.78. The van der Waals surface area contributed by atoms with Gasteiger partial charge in [-0.05, 0) is 56.0 Å². The quantitative estimate of drug-likeness (QED) is 0.450. The summed E-state index contributed by atoms with van der Waals surface area (Å²) >= 11 is 0. The normalized spacial score (nSPS) is 12.1. The van der Waals surface area contributed by atoms with Crippen LogP contribution in [-0.2, 0) is 0 Å². The molecular formula is C22H24N2. The topological polar surface area (TPSA) is 25.2 Å². The summed E-state index contributed by atoms with van der Waals surface area (Å²) in [4.78, 5) is 9.14. The van der Waals surface area contributed by atoms with Crippen LogP contribution < -0.4 is 0 Å². The van der Waals surface area contributed by atoms with Crippen molar-refractivity contribution >= 4 is 17.0 Å². The van der Waals surface area contributed by atoms with Gasteiger partial charge in [-0.1, -0.05) is 36.9 Å². The highest BCUT2D eigenvalue weighted by atomic mass is 14.8. The third-order valence-corrected chi connectivity index (χ3v) is 3.96. The fraction of sp³-hybridized carbons (Fsp3) is 0.182. The molecule has 0 spiro atoms. The van der Waals surface area contributed by atoms with Crippen LogP contribution in [0.5, 0.6) is 0 Å². The lowest BCUT2D eigenvalue weighted by atomic mass is 9.95. The van der Waals surface area contributed by atoms with Gasteiger partial charge in [-0.2, -0.15) is 0 Å². The van der Waals surface area contributed by atoms with Gasteiger partial charge in [-0.3, -0.25) is 4.98 Å². The summed E-state index contributed by atoms with van der Waals surface area (Å²) in [6.45, 7) is 11.9. The number of aliphatic imine (C=N–C) groups is 1. The van der Waals surface area contributed by atoms with Gasteiger partial charge in [0.1, 0.15) is 0 Å². The van der Waals surface area contributed by atoms with Crippen LogP contribution in [0.2, 0.25) is 0 Å². The van der Waals surface area contributed by atoms with Gasteiger partial charge < -0.3 is 0 Å². The van der Waals surface area contributed by atoms with Crippen LogP contribution in [0.1, 0.15) is 36.5 Å². The number of pyridine rings is 1. The Balaban J connectivity index is 2.52. The van der Waals surface area contributed by atoms with Gasteiger partial charge >= 0.3 is 0 Å². The monoisotopic (exact) mass is 316 g/mol. The number of benzene rings is 1. The first-order chi connectivity index (χ1) is 11.7. The molecule has 0 atom stereocenters. The summed E-state index contributed by atoms with van der Waals surface area (Å²) in [6.07, 6.45) is 11.5. The van der Waals surface area contributed by atoms with Gasteiger partial charge in [-0.25, -0.2) is 4.99 Å². The maximum Gasteiger partial charge on any atom is 0.0710 e. The molecule has 2 aromatic rings. The van der Waals surface area contributed by atoms with Crippen molar-refractivity contribution in [3.63, 3.8) is 0 Å². The third kappa shape index (κ3) is 4.17. The SMILES string of the molecule is C=CCC/C(=C/C)c1cnccc1C(C=C)=Nc1ccccc1C. The number of aryl methyl sites for hydroxylation is 1. The van der Waals surface area contributed by atoms with E-state index in [1.165, 1.54) is 5.57 Å². The van der Waals surface area contributed by atoms with E-state index in [1.54, 1.807) is 6.20 Å². The molecule has 0 aliphatic heterocycles. The Morgan fingerprint density at radius 2 is 1.96 bits per heavy atom. The van der Waals surface area contributed by atoms with E-state index in [4.69, 9.17) is 4.99 Å². The Hall–Kier alpha value is -2.74. The summed E-state index contributed by atoms with van der Waals surface area (Å²) in [5.41, 5.74) is 6.38. The fourth-order valence-electron chi connectivity index (χ4n) is 2.60. The first-order valence-corrected chi connectivity index (χ1v) is 8.18. The van der Waals surface area contributed by atoms with Crippen molar-refractivity contribution in [1.82, 2.24) is 4.98 Å². The predicted octanol–water partition coefficient (Wildman–Crippen LogP) is 6.07. The molecule has 1 aromatic heterocycles. The van der Waals surface area contributed by atoms with Crippen molar-refractivity contribution in [2.24, 2.45) is 4.99 Å². The van der Waals surface area contributed by atoms with E-state index in [9.17, 15) is 0 Å². The number of hydrogen-bond donors (Lipinski definition) is 0. The number of hydrogen-bond acceptors (Lipinski definition) is 2. The smallest absolute Gasteiger partial charge is 0.0710 e. The Morgan fingerprint density at radius 1 is 1.17 bits per heavy atom. The molecule has 0 bridgehead atoms. The van der Waals surface area contributed by atoms with E-state index in [0.29, 0.717) is 0 Å². The van der Waals surface area contributed by atoms with Gasteiger partial charge in [0, 0.05) is 23.5 Å². The van der Waals surface area contributed by atoms with Crippen LogP contribution in [-0.4, -0.2) is 10.7 Å². The standard InChI is InChI=1S/C22H24N2/c1-5-8-12-18(6-2)20-16-23-15-14-19(20)21(7-3)24-22-13-10-9-11-17(22)4/h5-7,9-11,13-16H,1,3,8,12H2,2,4H3/b18-6-,24-21?. The van der Waals surface area contributed by atoms with Crippen molar-refractivity contribution in [2.75, 3.05) is 0 Å². The molecule has 2 nitrogen and oxygen atoms in total. The summed E-state index contributed by atoms with van der Waals surface area (Å²) in [5.74, 6) is 0. The van der Waals surface area contributed by atoms with Gasteiger partial charge in [0.15, 0.2) is 0 Å². The minimum atomic E-state index is 0.861. The van der Waals surface area contributed by atoms with Gasteiger partial charge in [0.05, 0.1) is 11.4 Å². The molecule has 0 amide bonds.